The van der Waals surface area contributed by atoms with Crippen molar-refractivity contribution in [3.63, 3.8) is 0 Å². The summed E-state index contributed by atoms with van der Waals surface area (Å²) in [6.45, 7) is 3.53. The maximum Gasteiger partial charge on any atom is 0.329 e. The van der Waals surface area contributed by atoms with Crippen LogP contribution < -0.4 is 11.1 Å². The molecule has 0 aromatic heterocycles. The second kappa shape index (κ2) is 10.1. The molecule has 2 aromatic rings. The number of amides is 1. The number of esters is 1. The number of carbonyl (C=O) groups is 2. The third kappa shape index (κ3) is 6.44. The van der Waals surface area contributed by atoms with E-state index in [9.17, 15) is 19.8 Å². The molecule has 28 heavy (non-hydrogen) atoms. The third-order valence-corrected chi connectivity index (χ3v) is 4.05. The monoisotopic (exact) mass is 384 g/mol. The van der Waals surface area contributed by atoms with E-state index in [1.165, 1.54) is 30.3 Å². The van der Waals surface area contributed by atoms with E-state index in [0.29, 0.717) is 0 Å². The van der Waals surface area contributed by atoms with E-state index < -0.39 is 24.0 Å². The molecule has 0 saturated carbocycles. The number of phenolic OH excluding ortho intramolecular Hbond substituents is 2. The Hall–Kier alpha value is -3.32. The maximum absolute atomic E-state index is 12.5. The topological polar surface area (TPSA) is 122 Å². The van der Waals surface area contributed by atoms with Gasteiger partial charge in [-0.05, 0) is 41.8 Å². The van der Waals surface area contributed by atoms with Crippen LogP contribution in [-0.4, -0.2) is 40.8 Å². The lowest BCUT2D eigenvalue weighted by atomic mass is 10.0. The van der Waals surface area contributed by atoms with Crippen molar-refractivity contribution in [2.24, 2.45) is 5.73 Å². The number of hydrogen-bond donors (Lipinski definition) is 4. The second-order valence-electron chi connectivity index (χ2n) is 6.33. The van der Waals surface area contributed by atoms with Crippen molar-refractivity contribution in [3.05, 3.63) is 72.3 Å². The summed E-state index contributed by atoms with van der Waals surface area (Å²) in [5.41, 5.74) is 7.50. The normalized spacial score (nSPS) is 12.6. The van der Waals surface area contributed by atoms with E-state index in [2.05, 4.69) is 11.9 Å². The maximum atomic E-state index is 12.5. The molecular formula is C21H24N2O5. The van der Waals surface area contributed by atoms with Gasteiger partial charge in [0.05, 0.1) is 6.04 Å². The highest BCUT2D eigenvalue weighted by molar-refractivity contribution is 5.87. The average molecular weight is 384 g/mol. The molecule has 0 bridgehead atoms. The fourth-order valence-electron chi connectivity index (χ4n) is 2.56. The molecule has 0 heterocycles. The van der Waals surface area contributed by atoms with Crippen molar-refractivity contribution in [2.75, 3.05) is 6.61 Å². The van der Waals surface area contributed by atoms with Crippen LogP contribution in [0.1, 0.15) is 11.1 Å². The Morgan fingerprint density at radius 1 is 1.00 bits per heavy atom. The van der Waals surface area contributed by atoms with Crippen LogP contribution in [0.3, 0.4) is 0 Å². The molecule has 0 fully saturated rings. The van der Waals surface area contributed by atoms with Crippen LogP contribution in [-0.2, 0) is 27.2 Å². The Morgan fingerprint density at radius 3 is 2.00 bits per heavy atom. The van der Waals surface area contributed by atoms with Gasteiger partial charge >= 0.3 is 5.97 Å². The van der Waals surface area contributed by atoms with Crippen LogP contribution >= 0.6 is 0 Å². The highest BCUT2D eigenvalue weighted by Crippen LogP contribution is 2.13. The Balaban J connectivity index is 2.05. The molecule has 0 radical (unpaired) electrons. The standard InChI is InChI=1S/C21H24N2O5/c1-2-11-28-21(27)19(13-15-5-9-17(25)10-6-15)23-20(26)18(22)12-14-3-7-16(24)8-4-14/h2-10,18-19,24-25H,1,11-13,22H2,(H,23,26). The number of ether oxygens (including phenoxy) is 1. The molecule has 1 amide bonds. The van der Waals surface area contributed by atoms with Crippen LogP contribution in [0.5, 0.6) is 11.5 Å². The first-order valence-electron chi connectivity index (χ1n) is 8.78. The van der Waals surface area contributed by atoms with Gasteiger partial charge in [-0.15, -0.1) is 0 Å². The highest BCUT2D eigenvalue weighted by Gasteiger charge is 2.25. The summed E-state index contributed by atoms with van der Waals surface area (Å²) in [4.78, 5) is 24.8. The first kappa shape index (κ1) is 21.0. The SMILES string of the molecule is C=CCOC(=O)C(Cc1ccc(O)cc1)NC(=O)C(N)Cc1ccc(O)cc1. The molecule has 2 rings (SSSR count). The number of hydrogen-bond acceptors (Lipinski definition) is 6. The van der Waals surface area contributed by atoms with Crippen LogP contribution in [0.15, 0.2) is 61.2 Å². The van der Waals surface area contributed by atoms with Gasteiger partial charge in [0.25, 0.3) is 0 Å². The zero-order valence-electron chi connectivity index (χ0n) is 15.4. The molecular weight excluding hydrogens is 360 g/mol. The Bertz CT molecular complexity index is 803. The molecule has 7 nitrogen and oxygen atoms in total. The van der Waals surface area contributed by atoms with Crippen LogP contribution in [0, 0.1) is 0 Å². The zero-order chi connectivity index (χ0) is 20.5. The summed E-state index contributed by atoms with van der Waals surface area (Å²) in [5.74, 6) is -0.860. The molecule has 5 N–H and O–H groups in total. The predicted octanol–water partition coefficient (Wildman–Crippen LogP) is 1.42. The largest absolute Gasteiger partial charge is 0.508 e. The summed E-state index contributed by atoms with van der Waals surface area (Å²) in [7, 11) is 0. The Kier molecular flexibility index (Phi) is 7.59. The molecule has 2 unspecified atom stereocenters. The average Bonchev–Trinajstić information content (AvgIpc) is 2.68. The first-order chi connectivity index (χ1) is 13.4. The van der Waals surface area contributed by atoms with E-state index in [1.807, 2.05) is 0 Å². The van der Waals surface area contributed by atoms with Crippen molar-refractivity contribution >= 4 is 11.9 Å². The molecule has 7 heteroatoms. The minimum atomic E-state index is -0.928. The van der Waals surface area contributed by atoms with Crippen molar-refractivity contribution in [1.82, 2.24) is 5.32 Å². The van der Waals surface area contributed by atoms with Crippen molar-refractivity contribution in [3.8, 4) is 11.5 Å². The van der Waals surface area contributed by atoms with Crippen LogP contribution in [0.4, 0.5) is 0 Å². The van der Waals surface area contributed by atoms with Gasteiger partial charge in [0, 0.05) is 6.42 Å². The van der Waals surface area contributed by atoms with Gasteiger partial charge < -0.3 is 26.0 Å². The van der Waals surface area contributed by atoms with Gasteiger partial charge in [0.2, 0.25) is 5.91 Å². The lowest BCUT2D eigenvalue weighted by Gasteiger charge is -2.20. The third-order valence-electron chi connectivity index (χ3n) is 4.05. The minimum Gasteiger partial charge on any atom is -0.508 e. The molecule has 148 valence electrons. The summed E-state index contributed by atoms with van der Waals surface area (Å²) < 4.78 is 5.07. The van der Waals surface area contributed by atoms with E-state index in [4.69, 9.17) is 10.5 Å². The van der Waals surface area contributed by atoms with Crippen LogP contribution in [0.2, 0.25) is 0 Å². The lowest BCUT2D eigenvalue weighted by molar-refractivity contribution is -0.146. The minimum absolute atomic E-state index is 0.0281. The first-order valence-corrected chi connectivity index (χ1v) is 8.78. The van der Waals surface area contributed by atoms with E-state index >= 15 is 0 Å². The van der Waals surface area contributed by atoms with Gasteiger partial charge in [-0.25, -0.2) is 4.79 Å². The lowest BCUT2D eigenvalue weighted by Crippen LogP contribution is -2.50. The summed E-state index contributed by atoms with van der Waals surface area (Å²) >= 11 is 0. The van der Waals surface area contributed by atoms with E-state index in [-0.39, 0.29) is 30.9 Å². The molecule has 2 atom stereocenters. The second-order valence-corrected chi connectivity index (χ2v) is 6.33. The van der Waals surface area contributed by atoms with Gasteiger partial charge in [-0.3, -0.25) is 4.79 Å². The molecule has 0 aliphatic rings. The fraction of sp³-hybridized carbons (Fsp3) is 0.238. The van der Waals surface area contributed by atoms with E-state index in [1.54, 1.807) is 24.3 Å². The Morgan fingerprint density at radius 2 is 1.50 bits per heavy atom. The fourth-order valence-corrected chi connectivity index (χ4v) is 2.56. The quantitative estimate of drug-likeness (QED) is 0.383. The Labute approximate surface area is 163 Å². The number of nitrogens with two attached hydrogens (primary N) is 1. The molecule has 0 aliphatic heterocycles. The van der Waals surface area contributed by atoms with E-state index in [0.717, 1.165) is 11.1 Å². The number of nitrogens with one attached hydrogen (secondary N) is 1. The molecule has 2 aromatic carbocycles. The number of benzene rings is 2. The molecule has 0 aliphatic carbocycles. The smallest absolute Gasteiger partial charge is 0.329 e. The van der Waals surface area contributed by atoms with Gasteiger partial charge in [0.15, 0.2) is 0 Å². The van der Waals surface area contributed by atoms with Crippen molar-refractivity contribution in [1.29, 1.82) is 0 Å². The van der Waals surface area contributed by atoms with Gasteiger partial charge in [0.1, 0.15) is 24.1 Å². The predicted molar refractivity (Wildman–Crippen MR) is 105 cm³/mol. The zero-order valence-corrected chi connectivity index (χ0v) is 15.4. The number of aromatic hydroxyl groups is 2. The number of rotatable bonds is 9. The van der Waals surface area contributed by atoms with Crippen molar-refractivity contribution < 1.29 is 24.5 Å². The van der Waals surface area contributed by atoms with Crippen LogP contribution in [0.25, 0.3) is 0 Å². The highest BCUT2D eigenvalue weighted by atomic mass is 16.5. The number of phenols is 2. The van der Waals surface area contributed by atoms with Crippen molar-refractivity contribution in [2.45, 2.75) is 24.9 Å². The van der Waals surface area contributed by atoms with Gasteiger partial charge in [-0.1, -0.05) is 36.9 Å². The van der Waals surface area contributed by atoms with Gasteiger partial charge in [-0.2, -0.15) is 0 Å². The number of carbonyl (C=O) groups excluding carboxylic acids is 2. The summed E-state index contributed by atoms with van der Waals surface area (Å²) in [5, 5.41) is 21.3. The summed E-state index contributed by atoms with van der Waals surface area (Å²) in [6.07, 6.45) is 1.88. The summed E-state index contributed by atoms with van der Waals surface area (Å²) in [6, 6.07) is 10.9. The molecule has 0 spiro atoms. The molecule has 0 saturated heterocycles.